The zero-order valence-electron chi connectivity index (χ0n) is 14.5. The normalized spacial score (nSPS) is 14.2. The molecule has 2 heterocycles. The highest BCUT2D eigenvalue weighted by molar-refractivity contribution is 5.94. The van der Waals surface area contributed by atoms with Gasteiger partial charge in [-0.1, -0.05) is 11.1 Å². The van der Waals surface area contributed by atoms with Crippen molar-refractivity contribution in [3.05, 3.63) is 64.2 Å². The molecule has 154 valence electrons. The van der Waals surface area contributed by atoms with Crippen LogP contribution >= 0.6 is 0 Å². The van der Waals surface area contributed by atoms with Crippen molar-refractivity contribution in [2.24, 2.45) is 5.73 Å². The number of hydrogen-bond donors (Lipinski definition) is 2. The number of alkyl halides is 3. The lowest BCUT2D eigenvalue weighted by Crippen LogP contribution is -2.30. The zero-order valence-corrected chi connectivity index (χ0v) is 14.5. The molecule has 0 saturated heterocycles. The first-order chi connectivity index (χ1) is 13.7. The minimum absolute atomic E-state index is 0.0262. The molecule has 1 amide bonds. The van der Waals surface area contributed by atoms with Crippen molar-refractivity contribution in [2.45, 2.75) is 6.18 Å². The minimum Gasteiger partial charge on any atom is -0.479 e. The lowest BCUT2D eigenvalue weighted by Gasteiger charge is -2.22. The molecule has 0 spiro atoms. The lowest BCUT2D eigenvalue weighted by atomic mass is 10.0. The van der Waals surface area contributed by atoms with Crippen LogP contribution in [0.25, 0.3) is 11.1 Å². The summed E-state index contributed by atoms with van der Waals surface area (Å²) in [7, 11) is 0. The van der Waals surface area contributed by atoms with Gasteiger partial charge in [0.2, 0.25) is 0 Å². The highest BCUT2D eigenvalue weighted by atomic mass is 19.4. The number of carbonyl (C=O) groups excluding carboxylic acids is 1. The van der Waals surface area contributed by atoms with E-state index < -0.39 is 40.3 Å². The van der Waals surface area contributed by atoms with Crippen LogP contribution in [0.2, 0.25) is 0 Å². The van der Waals surface area contributed by atoms with Crippen LogP contribution in [0, 0.1) is 5.82 Å². The van der Waals surface area contributed by atoms with Crippen LogP contribution in [0.4, 0.5) is 17.6 Å². The van der Waals surface area contributed by atoms with E-state index in [-0.39, 0.29) is 24.8 Å². The minimum atomic E-state index is -4.96. The molecule has 1 aliphatic heterocycles. The summed E-state index contributed by atoms with van der Waals surface area (Å²) in [6, 6.07) is 3.68. The molecule has 0 fully saturated rings. The topological polar surface area (TPSA) is 107 Å². The largest absolute Gasteiger partial charge is 0.479 e. The summed E-state index contributed by atoms with van der Waals surface area (Å²) < 4.78 is 64.5. The van der Waals surface area contributed by atoms with Gasteiger partial charge in [-0.3, -0.25) is 9.59 Å². The molecular formula is C17H13F4N3O5. The summed E-state index contributed by atoms with van der Waals surface area (Å²) in [6.45, 7) is -0.197. The average Bonchev–Trinajstić information content (AvgIpc) is 2.66. The molecule has 0 bridgehead atoms. The molecule has 1 aromatic carbocycles. The van der Waals surface area contributed by atoms with Crippen LogP contribution in [0.3, 0.4) is 0 Å². The Bertz CT molecular complexity index is 1020. The summed E-state index contributed by atoms with van der Waals surface area (Å²) in [6.07, 6.45) is -2.43. The Kier molecular flexibility index (Phi) is 5.46. The summed E-state index contributed by atoms with van der Waals surface area (Å²) in [4.78, 5) is 29.6. The maximum Gasteiger partial charge on any atom is 0.431 e. The quantitative estimate of drug-likeness (QED) is 0.726. The molecule has 3 N–H and O–H groups in total. The molecule has 29 heavy (non-hydrogen) atoms. The number of amides is 1. The van der Waals surface area contributed by atoms with Crippen molar-refractivity contribution < 1.29 is 36.7 Å². The van der Waals surface area contributed by atoms with Crippen LogP contribution in [0.15, 0.2) is 41.6 Å². The van der Waals surface area contributed by atoms with E-state index in [0.29, 0.717) is 6.07 Å². The van der Waals surface area contributed by atoms with E-state index in [2.05, 4.69) is 0 Å². The van der Waals surface area contributed by atoms with E-state index in [9.17, 15) is 27.2 Å². The van der Waals surface area contributed by atoms with Gasteiger partial charge in [0.25, 0.3) is 11.5 Å². The van der Waals surface area contributed by atoms with Gasteiger partial charge in [-0.15, -0.1) is 0 Å². The van der Waals surface area contributed by atoms with Gasteiger partial charge < -0.3 is 25.0 Å². The fourth-order valence-electron chi connectivity index (χ4n) is 2.47. The van der Waals surface area contributed by atoms with Gasteiger partial charge in [0, 0.05) is 5.56 Å². The van der Waals surface area contributed by atoms with Crippen LogP contribution in [0.1, 0.15) is 16.1 Å². The lowest BCUT2D eigenvalue weighted by molar-refractivity contribution is -0.203. The second-order valence-electron chi connectivity index (χ2n) is 5.74. The van der Waals surface area contributed by atoms with E-state index in [1.54, 1.807) is 4.98 Å². The van der Waals surface area contributed by atoms with E-state index in [1.807, 2.05) is 0 Å². The number of benzene rings is 1. The zero-order chi connectivity index (χ0) is 21.2. The van der Waals surface area contributed by atoms with Crippen LogP contribution in [0.5, 0.6) is 5.75 Å². The number of nitrogens with two attached hydrogens (primary N) is 1. The number of ether oxygens (including phenoxy) is 2. The van der Waals surface area contributed by atoms with Crippen molar-refractivity contribution in [1.82, 2.24) is 10.0 Å². The van der Waals surface area contributed by atoms with Gasteiger partial charge in [0.15, 0.2) is 25.0 Å². The van der Waals surface area contributed by atoms with Crippen molar-refractivity contribution in [1.29, 1.82) is 0 Å². The molecule has 12 heteroatoms. The van der Waals surface area contributed by atoms with E-state index >= 15 is 0 Å². The Hall–Kier alpha value is -3.54. The molecule has 3 rings (SSSR count). The fraction of sp³-hybridized carbons (Fsp3) is 0.176. The second-order valence-corrected chi connectivity index (χ2v) is 5.74. The highest BCUT2D eigenvalue weighted by Crippen LogP contribution is 2.36. The van der Waals surface area contributed by atoms with Crippen molar-refractivity contribution in [3.63, 3.8) is 0 Å². The maximum absolute atomic E-state index is 14.4. The third-order valence-electron chi connectivity index (χ3n) is 3.78. The maximum atomic E-state index is 14.4. The molecule has 1 aromatic heterocycles. The number of halogens is 4. The number of carbonyl (C=O) groups is 1. The molecule has 0 radical (unpaired) electrons. The first kappa shape index (κ1) is 20.2. The first-order valence-electron chi connectivity index (χ1n) is 7.92. The molecule has 0 aliphatic carbocycles. The highest BCUT2D eigenvalue weighted by Gasteiger charge is 2.36. The van der Waals surface area contributed by atoms with Crippen molar-refractivity contribution >= 4 is 5.91 Å². The Morgan fingerprint density at radius 3 is 2.62 bits per heavy atom. The van der Waals surface area contributed by atoms with Gasteiger partial charge in [-0.05, 0) is 23.8 Å². The number of hydrogen-bond acceptors (Lipinski definition) is 6. The summed E-state index contributed by atoms with van der Waals surface area (Å²) >= 11 is 0. The number of nitrogens with one attached hydrogen (secondary N) is 1. The van der Waals surface area contributed by atoms with Crippen LogP contribution < -0.4 is 16.0 Å². The number of hydroxylamine groups is 2. The summed E-state index contributed by atoms with van der Waals surface area (Å²) in [5, 5.41) is 1.20. The third-order valence-corrected chi connectivity index (χ3v) is 3.78. The Morgan fingerprint density at radius 2 is 2.03 bits per heavy atom. The van der Waals surface area contributed by atoms with E-state index in [1.165, 1.54) is 17.6 Å². The Balaban J connectivity index is 1.94. The van der Waals surface area contributed by atoms with Crippen LogP contribution in [-0.4, -0.2) is 29.4 Å². The number of aromatic nitrogens is 1. The second kappa shape index (κ2) is 7.83. The van der Waals surface area contributed by atoms with Crippen molar-refractivity contribution in [2.75, 3.05) is 13.5 Å². The van der Waals surface area contributed by atoms with Gasteiger partial charge in [-0.2, -0.15) is 13.2 Å². The summed E-state index contributed by atoms with van der Waals surface area (Å²) in [5.41, 5.74) is 0.726. The third kappa shape index (κ3) is 4.48. The molecule has 0 unspecified atom stereocenters. The molecule has 2 aromatic rings. The van der Waals surface area contributed by atoms with Gasteiger partial charge in [0.1, 0.15) is 23.8 Å². The number of nitrogens with zero attached hydrogens (tertiary/aromatic N) is 1. The Labute approximate surface area is 160 Å². The smallest absolute Gasteiger partial charge is 0.431 e. The number of aromatic amines is 1. The van der Waals surface area contributed by atoms with E-state index in [4.69, 9.17) is 20.0 Å². The van der Waals surface area contributed by atoms with Gasteiger partial charge in [-0.25, -0.2) is 4.39 Å². The molecular weight excluding hydrogens is 402 g/mol. The first-order valence-corrected chi connectivity index (χ1v) is 7.92. The number of primary amides is 1. The van der Waals surface area contributed by atoms with Gasteiger partial charge in [0.05, 0.1) is 0 Å². The SMILES string of the molecule is NC(=O)c1cc(-c2ccc(OCN3COC=CO3)c(F)c2)c(C(F)(F)F)[nH]c1=O. The standard InChI is InChI=1S/C17H13F4N3O5/c18-12-5-9(1-2-13(12)28-8-24-7-27-3-4-29-24)10-6-11(15(22)25)16(26)23-14(10)17(19,20)21/h1-6H,7-8H2,(H2,22,25)(H,23,26). The monoisotopic (exact) mass is 415 g/mol. The van der Waals surface area contributed by atoms with Gasteiger partial charge >= 0.3 is 6.18 Å². The number of pyridine rings is 1. The summed E-state index contributed by atoms with van der Waals surface area (Å²) in [5.74, 6) is -2.46. The number of rotatable bonds is 5. The Morgan fingerprint density at radius 1 is 1.28 bits per heavy atom. The van der Waals surface area contributed by atoms with Crippen LogP contribution in [-0.2, 0) is 15.8 Å². The number of H-pyrrole nitrogens is 1. The fourth-order valence-corrected chi connectivity index (χ4v) is 2.47. The molecule has 1 aliphatic rings. The predicted octanol–water partition coefficient (Wildman–Crippen LogP) is 2.33. The molecule has 8 nitrogen and oxygen atoms in total. The average molecular weight is 415 g/mol. The van der Waals surface area contributed by atoms with E-state index in [0.717, 1.165) is 18.2 Å². The predicted molar refractivity (Wildman–Crippen MR) is 89.5 cm³/mol. The van der Waals surface area contributed by atoms with Crippen molar-refractivity contribution in [3.8, 4) is 16.9 Å². The molecule has 0 atom stereocenters. The molecule has 0 saturated carbocycles.